The number of aromatic amines is 1. The Kier molecular flexibility index (Phi) is 4.21. The molecule has 0 amide bonds. The standard InChI is InChI=1S/C12H17N5/c1-10-11(7-16-17-10)3-2-5-13-8-12-4-6-14-9-15-12/h4,6-7,9,13H,2-3,5,8H2,1H3,(H,16,17). The van der Waals surface area contributed by atoms with Crippen molar-refractivity contribution in [3.8, 4) is 0 Å². The molecule has 0 unspecified atom stereocenters. The van der Waals surface area contributed by atoms with Crippen molar-refractivity contribution in [2.75, 3.05) is 6.54 Å². The van der Waals surface area contributed by atoms with E-state index >= 15 is 0 Å². The molecule has 17 heavy (non-hydrogen) atoms. The Morgan fingerprint density at radius 1 is 1.41 bits per heavy atom. The van der Waals surface area contributed by atoms with Crippen molar-refractivity contribution in [2.45, 2.75) is 26.3 Å². The van der Waals surface area contributed by atoms with Gasteiger partial charge in [-0.25, -0.2) is 9.97 Å². The molecule has 0 spiro atoms. The number of nitrogens with zero attached hydrogens (tertiary/aromatic N) is 3. The van der Waals surface area contributed by atoms with Crippen LogP contribution in [0.15, 0.2) is 24.8 Å². The number of hydrogen-bond donors (Lipinski definition) is 2. The number of aromatic nitrogens is 4. The van der Waals surface area contributed by atoms with Gasteiger partial charge in [-0.15, -0.1) is 0 Å². The third-order valence-corrected chi connectivity index (χ3v) is 2.68. The van der Waals surface area contributed by atoms with Crippen LogP contribution in [0.1, 0.15) is 23.4 Å². The van der Waals surface area contributed by atoms with Gasteiger partial charge in [-0.2, -0.15) is 5.10 Å². The van der Waals surface area contributed by atoms with Gasteiger partial charge in [0.2, 0.25) is 0 Å². The van der Waals surface area contributed by atoms with Gasteiger partial charge in [0.25, 0.3) is 0 Å². The van der Waals surface area contributed by atoms with Crippen molar-refractivity contribution in [1.29, 1.82) is 0 Å². The molecule has 0 aliphatic heterocycles. The maximum Gasteiger partial charge on any atom is 0.115 e. The zero-order valence-electron chi connectivity index (χ0n) is 9.98. The van der Waals surface area contributed by atoms with E-state index in [-0.39, 0.29) is 0 Å². The van der Waals surface area contributed by atoms with Crippen LogP contribution in [-0.2, 0) is 13.0 Å². The lowest BCUT2D eigenvalue weighted by Gasteiger charge is -2.03. The van der Waals surface area contributed by atoms with Gasteiger partial charge < -0.3 is 5.32 Å². The minimum Gasteiger partial charge on any atom is -0.311 e. The van der Waals surface area contributed by atoms with Gasteiger partial charge in [0.1, 0.15) is 6.33 Å². The molecule has 5 heteroatoms. The first-order valence-electron chi connectivity index (χ1n) is 5.80. The van der Waals surface area contributed by atoms with Gasteiger partial charge in [-0.3, -0.25) is 5.10 Å². The Morgan fingerprint density at radius 3 is 3.06 bits per heavy atom. The highest BCUT2D eigenvalue weighted by Gasteiger charge is 1.99. The van der Waals surface area contributed by atoms with Crippen LogP contribution in [0.25, 0.3) is 0 Å². The first-order valence-corrected chi connectivity index (χ1v) is 5.80. The van der Waals surface area contributed by atoms with Crippen LogP contribution in [-0.4, -0.2) is 26.7 Å². The van der Waals surface area contributed by atoms with Gasteiger partial charge >= 0.3 is 0 Å². The summed E-state index contributed by atoms with van der Waals surface area (Å²) in [4.78, 5) is 8.04. The van der Waals surface area contributed by atoms with Gasteiger partial charge in [0.15, 0.2) is 0 Å². The van der Waals surface area contributed by atoms with E-state index < -0.39 is 0 Å². The van der Waals surface area contributed by atoms with Crippen molar-refractivity contribution >= 4 is 0 Å². The summed E-state index contributed by atoms with van der Waals surface area (Å²) < 4.78 is 0. The molecular weight excluding hydrogens is 214 g/mol. The second kappa shape index (κ2) is 6.10. The number of rotatable bonds is 6. The molecule has 2 aromatic heterocycles. The Hall–Kier alpha value is -1.75. The van der Waals surface area contributed by atoms with E-state index in [1.54, 1.807) is 12.5 Å². The van der Waals surface area contributed by atoms with Crippen LogP contribution >= 0.6 is 0 Å². The van der Waals surface area contributed by atoms with Crippen LogP contribution in [0.3, 0.4) is 0 Å². The highest BCUT2D eigenvalue weighted by molar-refractivity contribution is 5.14. The molecule has 0 aromatic carbocycles. The van der Waals surface area contributed by atoms with Crippen molar-refractivity contribution in [2.24, 2.45) is 0 Å². The molecule has 2 N–H and O–H groups in total. The molecule has 0 aliphatic rings. The third-order valence-electron chi connectivity index (χ3n) is 2.68. The van der Waals surface area contributed by atoms with Crippen molar-refractivity contribution < 1.29 is 0 Å². The zero-order valence-corrected chi connectivity index (χ0v) is 9.98. The summed E-state index contributed by atoms with van der Waals surface area (Å²) in [5, 5.41) is 10.3. The Bertz CT molecular complexity index is 437. The fourth-order valence-electron chi connectivity index (χ4n) is 1.67. The first kappa shape index (κ1) is 11.7. The molecule has 90 valence electrons. The molecule has 0 saturated carbocycles. The van der Waals surface area contributed by atoms with Crippen molar-refractivity contribution in [3.63, 3.8) is 0 Å². The Morgan fingerprint density at radius 2 is 2.35 bits per heavy atom. The Balaban J connectivity index is 1.63. The van der Waals surface area contributed by atoms with E-state index in [4.69, 9.17) is 0 Å². The topological polar surface area (TPSA) is 66.5 Å². The summed E-state index contributed by atoms with van der Waals surface area (Å²) in [7, 11) is 0. The molecule has 2 rings (SSSR count). The molecule has 0 saturated heterocycles. The van der Waals surface area contributed by atoms with E-state index in [1.807, 2.05) is 12.3 Å². The van der Waals surface area contributed by atoms with Crippen LogP contribution in [0.2, 0.25) is 0 Å². The van der Waals surface area contributed by atoms with Gasteiger partial charge in [0, 0.05) is 18.4 Å². The van der Waals surface area contributed by atoms with E-state index in [2.05, 4.69) is 32.4 Å². The second-order valence-corrected chi connectivity index (χ2v) is 4.00. The van der Waals surface area contributed by atoms with E-state index in [0.717, 1.165) is 31.6 Å². The fraction of sp³-hybridized carbons (Fsp3) is 0.417. The summed E-state index contributed by atoms with van der Waals surface area (Å²) in [6.45, 7) is 3.83. The highest BCUT2D eigenvalue weighted by Crippen LogP contribution is 2.05. The average molecular weight is 231 g/mol. The molecule has 0 fully saturated rings. The first-order chi connectivity index (χ1) is 8.36. The number of H-pyrrole nitrogens is 1. The predicted octanol–water partition coefficient (Wildman–Crippen LogP) is 1.23. The highest BCUT2D eigenvalue weighted by atomic mass is 15.1. The van der Waals surface area contributed by atoms with Crippen molar-refractivity contribution in [1.82, 2.24) is 25.5 Å². The average Bonchev–Trinajstić information content (AvgIpc) is 2.76. The van der Waals surface area contributed by atoms with E-state index in [0.29, 0.717) is 0 Å². The summed E-state index contributed by atoms with van der Waals surface area (Å²) in [5.74, 6) is 0. The van der Waals surface area contributed by atoms with Crippen LogP contribution in [0.5, 0.6) is 0 Å². The summed E-state index contributed by atoms with van der Waals surface area (Å²) in [6, 6.07) is 1.92. The van der Waals surface area contributed by atoms with E-state index in [9.17, 15) is 0 Å². The van der Waals surface area contributed by atoms with Crippen molar-refractivity contribution in [3.05, 3.63) is 41.7 Å². The maximum absolute atomic E-state index is 4.15. The summed E-state index contributed by atoms with van der Waals surface area (Å²) >= 11 is 0. The maximum atomic E-state index is 4.15. The predicted molar refractivity (Wildman–Crippen MR) is 65.4 cm³/mol. The molecular formula is C12H17N5. The Labute approximate surface area is 101 Å². The monoisotopic (exact) mass is 231 g/mol. The van der Waals surface area contributed by atoms with E-state index in [1.165, 1.54) is 11.3 Å². The number of nitrogens with one attached hydrogen (secondary N) is 2. The number of aryl methyl sites for hydroxylation is 2. The molecule has 2 aromatic rings. The lowest BCUT2D eigenvalue weighted by Crippen LogP contribution is -2.16. The van der Waals surface area contributed by atoms with Gasteiger partial charge in [-0.1, -0.05) is 0 Å². The fourth-order valence-corrected chi connectivity index (χ4v) is 1.67. The summed E-state index contributed by atoms with van der Waals surface area (Å²) in [5.41, 5.74) is 3.49. The zero-order chi connectivity index (χ0) is 11.9. The lowest BCUT2D eigenvalue weighted by molar-refractivity contribution is 0.639. The molecule has 0 aliphatic carbocycles. The largest absolute Gasteiger partial charge is 0.311 e. The summed E-state index contributed by atoms with van der Waals surface area (Å²) in [6.07, 6.45) is 7.40. The number of hydrogen-bond acceptors (Lipinski definition) is 4. The minimum absolute atomic E-state index is 0.799. The molecule has 0 bridgehead atoms. The van der Waals surface area contributed by atoms with Gasteiger partial charge in [-0.05, 0) is 37.9 Å². The SMILES string of the molecule is Cc1[nH]ncc1CCCNCc1ccncn1. The molecule has 2 heterocycles. The normalized spacial score (nSPS) is 10.6. The quantitative estimate of drug-likeness (QED) is 0.734. The third kappa shape index (κ3) is 3.64. The van der Waals surface area contributed by atoms with Crippen LogP contribution in [0.4, 0.5) is 0 Å². The molecule has 5 nitrogen and oxygen atoms in total. The second-order valence-electron chi connectivity index (χ2n) is 4.00. The molecule has 0 atom stereocenters. The van der Waals surface area contributed by atoms with Gasteiger partial charge in [0.05, 0.1) is 11.9 Å². The van der Waals surface area contributed by atoms with Crippen LogP contribution in [0, 0.1) is 6.92 Å². The lowest BCUT2D eigenvalue weighted by atomic mass is 10.1. The minimum atomic E-state index is 0.799. The smallest absolute Gasteiger partial charge is 0.115 e. The van der Waals surface area contributed by atoms with Crippen LogP contribution < -0.4 is 5.32 Å². The molecule has 0 radical (unpaired) electrons.